The van der Waals surface area contributed by atoms with Crippen LogP contribution in [0.5, 0.6) is 0 Å². The standard InChI is InChI=1S/C13H14FN3O3S/c14-10-4-3-7-16-13(10)21(19,20)17(8-9-18)12-6-2-1-5-11(12)15/h1-7,18H,8-9,15H2. The Morgan fingerprint density at radius 1 is 1.24 bits per heavy atom. The van der Waals surface area contributed by atoms with Crippen LogP contribution in [0.4, 0.5) is 15.8 Å². The fourth-order valence-electron chi connectivity index (χ4n) is 1.84. The van der Waals surface area contributed by atoms with E-state index in [1.807, 2.05) is 0 Å². The van der Waals surface area contributed by atoms with E-state index in [0.717, 1.165) is 10.4 Å². The summed E-state index contributed by atoms with van der Waals surface area (Å²) in [5.41, 5.74) is 6.13. The first-order chi connectivity index (χ1) is 9.98. The molecule has 0 saturated carbocycles. The molecule has 3 N–H and O–H groups in total. The maximum Gasteiger partial charge on any atom is 0.284 e. The van der Waals surface area contributed by atoms with Gasteiger partial charge in [-0.05, 0) is 24.3 Å². The van der Waals surface area contributed by atoms with Gasteiger partial charge in [0.2, 0.25) is 5.03 Å². The fourth-order valence-corrected chi connectivity index (χ4v) is 3.31. The largest absolute Gasteiger partial charge is 0.397 e. The van der Waals surface area contributed by atoms with Crippen LogP contribution in [0, 0.1) is 5.82 Å². The number of halogens is 1. The Labute approximate surface area is 121 Å². The van der Waals surface area contributed by atoms with Crippen molar-refractivity contribution in [1.29, 1.82) is 0 Å². The fraction of sp³-hybridized carbons (Fsp3) is 0.154. The number of aliphatic hydroxyl groups excluding tert-OH is 1. The third kappa shape index (κ3) is 2.96. The number of rotatable bonds is 5. The number of aromatic nitrogens is 1. The van der Waals surface area contributed by atoms with Crippen LogP contribution >= 0.6 is 0 Å². The Hall–Kier alpha value is -2.19. The molecule has 0 aliphatic heterocycles. The van der Waals surface area contributed by atoms with E-state index in [4.69, 9.17) is 10.8 Å². The van der Waals surface area contributed by atoms with Crippen molar-refractivity contribution in [2.75, 3.05) is 23.2 Å². The molecule has 1 aromatic carbocycles. The summed E-state index contributed by atoms with van der Waals surface area (Å²) in [7, 11) is -4.26. The van der Waals surface area contributed by atoms with Crippen molar-refractivity contribution in [2.45, 2.75) is 5.03 Å². The van der Waals surface area contributed by atoms with Crippen LogP contribution in [0.15, 0.2) is 47.6 Å². The molecule has 0 fully saturated rings. The summed E-state index contributed by atoms with van der Waals surface area (Å²) in [6.45, 7) is -0.700. The van der Waals surface area contributed by atoms with Gasteiger partial charge in [0.1, 0.15) is 0 Å². The third-order valence-electron chi connectivity index (χ3n) is 2.77. The van der Waals surface area contributed by atoms with Crippen molar-refractivity contribution in [2.24, 2.45) is 0 Å². The van der Waals surface area contributed by atoms with Gasteiger partial charge in [0.25, 0.3) is 10.0 Å². The molecule has 0 spiro atoms. The summed E-state index contributed by atoms with van der Waals surface area (Å²) in [6, 6.07) is 8.53. The van der Waals surface area contributed by atoms with E-state index >= 15 is 0 Å². The monoisotopic (exact) mass is 311 g/mol. The summed E-state index contributed by atoms with van der Waals surface area (Å²) >= 11 is 0. The molecule has 21 heavy (non-hydrogen) atoms. The summed E-state index contributed by atoms with van der Waals surface area (Å²) in [4.78, 5) is 3.58. The Bertz CT molecular complexity index is 737. The zero-order valence-electron chi connectivity index (χ0n) is 11.0. The number of hydrogen-bond acceptors (Lipinski definition) is 5. The lowest BCUT2D eigenvalue weighted by molar-refractivity contribution is 0.306. The van der Waals surface area contributed by atoms with E-state index in [1.165, 1.54) is 24.4 Å². The van der Waals surface area contributed by atoms with Gasteiger partial charge in [0.05, 0.1) is 24.5 Å². The number of anilines is 2. The van der Waals surface area contributed by atoms with Gasteiger partial charge < -0.3 is 10.8 Å². The van der Waals surface area contributed by atoms with E-state index in [9.17, 15) is 12.8 Å². The first kappa shape index (κ1) is 15.2. The molecule has 0 bridgehead atoms. The molecule has 8 heteroatoms. The van der Waals surface area contributed by atoms with Gasteiger partial charge in [-0.1, -0.05) is 12.1 Å². The number of para-hydroxylation sites is 2. The van der Waals surface area contributed by atoms with Crippen LogP contribution in [0.1, 0.15) is 0 Å². The predicted octanol–water partition coefficient (Wildman–Crippen LogP) is 0.990. The summed E-state index contributed by atoms with van der Waals surface area (Å²) < 4.78 is 39.7. The van der Waals surface area contributed by atoms with Gasteiger partial charge in [-0.2, -0.15) is 8.42 Å². The minimum Gasteiger partial charge on any atom is -0.397 e. The van der Waals surface area contributed by atoms with Crippen LogP contribution < -0.4 is 10.0 Å². The maximum atomic E-state index is 13.7. The van der Waals surface area contributed by atoms with E-state index < -0.39 is 27.5 Å². The van der Waals surface area contributed by atoms with Crippen LogP contribution in [0.25, 0.3) is 0 Å². The van der Waals surface area contributed by atoms with Gasteiger partial charge in [-0.15, -0.1) is 0 Å². The second-order valence-corrected chi connectivity index (χ2v) is 5.93. The molecule has 2 rings (SSSR count). The zero-order chi connectivity index (χ0) is 15.5. The molecule has 0 atom stereocenters. The number of nitrogens with two attached hydrogens (primary N) is 1. The predicted molar refractivity (Wildman–Crippen MR) is 76.7 cm³/mol. The molecule has 112 valence electrons. The molecular weight excluding hydrogens is 297 g/mol. The van der Waals surface area contributed by atoms with Crippen molar-refractivity contribution >= 4 is 21.4 Å². The van der Waals surface area contributed by atoms with Crippen molar-refractivity contribution < 1.29 is 17.9 Å². The van der Waals surface area contributed by atoms with Crippen LogP contribution in [0.2, 0.25) is 0 Å². The number of aliphatic hydroxyl groups is 1. The Morgan fingerprint density at radius 3 is 2.57 bits per heavy atom. The average Bonchev–Trinajstić information content (AvgIpc) is 2.46. The van der Waals surface area contributed by atoms with Gasteiger partial charge in [0, 0.05) is 6.20 Å². The summed E-state index contributed by atoms with van der Waals surface area (Å²) in [5.74, 6) is -0.963. The zero-order valence-corrected chi connectivity index (χ0v) is 11.8. The van der Waals surface area contributed by atoms with Crippen LogP contribution in [-0.4, -0.2) is 31.7 Å². The minimum atomic E-state index is -4.26. The van der Waals surface area contributed by atoms with Crippen molar-refractivity contribution in [3.8, 4) is 0 Å². The van der Waals surface area contributed by atoms with Crippen molar-refractivity contribution in [1.82, 2.24) is 4.98 Å². The number of pyridine rings is 1. The van der Waals surface area contributed by atoms with Crippen molar-refractivity contribution in [3.05, 3.63) is 48.4 Å². The average molecular weight is 311 g/mol. The SMILES string of the molecule is Nc1ccccc1N(CCO)S(=O)(=O)c1ncccc1F. The Kier molecular flexibility index (Phi) is 4.39. The highest BCUT2D eigenvalue weighted by Gasteiger charge is 2.29. The van der Waals surface area contributed by atoms with Crippen LogP contribution in [0.3, 0.4) is 0 Å². The van der Waals surface area contributed by atoms with Crippen molar-refractivity contribution in [3.63, 3.8) is 0 Å². The maximum absolute atomic E-state index is 13.7. The smallest absolute Gasteiger partial charge is 0.284 e. The molecule has 0 saturated heterocycles. The number of sulfonamides is 1. The van der Waals surface area contributed by atoms with E-state index in [2.05, 4.69) is 4.98 Å². The third-order valence-corrected chi connectivity index (χ3v) is 4.52. The molecule has 6 nitrogen and oxygen atoms in total. The number of nitrogens with zero attached hydrogens (tertiary/aromatic N) is 2. The van der Waals surface area contributed by atoms with Gasteiger partial charge in [-0.3, -0.25) is 4.31 Å². The molecule has 1 aromatic heterocycles. The molecule has 2 aromatic rings. The normalized spacial score (nSPS) is 11.3. The first-order valence-electron chi connectivity index (χ1n) is 6.07. The summed E-state index contributed by atoms with van der Waals surface area (Å²) in [6.07, 6.45) is 1.18. The number of benzene rings is 1. The highest BCUT2D eigenvalue weighted by atomic mass is 32.2. The highest BCUT2D eigenvalue weighted by molar-refractivity contribution is 7.92. The van der Waals surface area contributed by atoms with Crippen LogP contribution in [-0.2, 0) is 10.0 Å². The first-order valence-corrected chi connectivity index (χ1v) is 7.51. The minimum absolute atomic E-state index is 0.164. The van der Waals surface area contributed by atoms with E-state index in [0.29, 0.717) is 0 Å². The van der Waals surface area contributed by atoms with E-state index in [1.54, 1.807) is 12.1 Å². The van der Waals surface area contributed by atoms with Gasteiger partial charge in [0.15, 0.2) is 5.82 Å². The highest BCUT2D eigenvalue weighted by Crippen LogP contribution is 2.28. The molecule has 0 radical (unpaired) electrons. The molecule has 0 aliphatic carbocycles. The number of hydrogen-bond donors (Lipinski definition) is 2. The van der Waals surface area contributed by atoms with Gasteiger partial charge in [-0.25, -0.2) is 9.37 Å². The molecule has 1 heterocycles. The number of nitrogen functional groups attached to an aromatic ring is 1. The molecule has 0 unspecified atom stereocenters. The lowest BCUT2D eigenvalue weighted by atomic mass is 10.3. The quantitative estimate of drug-likeness (QED) is 0.803. The lowest BCUT2D eigenvalue weighted by Gasteiger charge is -2.24. The lowest BCUT2D eigenvalue weighted by Crippen LogP contribution is -2.35. The topological polar surface area (TPSA) is 96.5 Å². The molecule has 0 amide bonds. The second kappa shape index (κ2) is 6.06. The van der Waals surface area contributed by atoms with E-state index in [-0.39, 0.29) is 17.9 Å². The Balaban J connectivity index is 2.58. The Morgan fingerprint density at radius 2 is 1.95 bits per heavy atom. The molecular formula is C13H14FN3O3S. The van der Waals surface area contributed by atoms with Gasteiger partial charge >= 0.3 is 0 Å². The molecule has 0 aliphatic rings. The summed E-state index contributed by atoms with van der Waals surface area (Å²) in [5, 5.41) is 8.40. The second-order valence-electron chi connectivity index (χ2n) is 4.15.